The predicted octanol–water partition coefficient (Wildman–Crippen LogP) is 4.59. The molecule has 0 unspecified atom stereocenters. The van der Waals surface area contributed by atoms with Gasteiger partial charge in [-0.2, -0.15) is 0 Å². The van der Waals surface area contributed by atoms with Gasteiger partial charge < -0.3 is 20.3 Å². The summed E-state index contributed by atoms with van der Waals surface area (Å²) in [5, 5.41) is 6.34. The number of anilines is 2. The molecule has 3 aromatic rings. The van der Waals surface area contributed by atoms with E-state index in [1.54, 1.807) is 41.3 Å². The first-order valence-electron chi connectivity index (χ1n) is 11.9. The number of rotatable bonds is 9. The Morgan fingerprint density at radius 1 is 0.972 bits per heavy atom. The molecule has 2 N–H and O–H groups in total. The van der Waals surface area contributed by atoms with Gasteiger partial charge in [-0.05, 0) is 66.1 Å². The van der Waals surface area contributed by atoms with Gasteiger partial charge in [-0.1, -0.05) is 42.8 Å². The maximum atomic E-state index is 12.6. The minimum Gasteiger partial charge on any atom is -0.484 e. The number of aryl methyl sites for hydroxylation is 1. The van der Waals surface area contributed by atoms with Crippen molar-refractivity contribution in [1.29, 1.82) is 0 Å². The molecule has 1 saturated heterocycles. The molecular formula is C28H28ClN3O4. The van der Waals surface area contributed by atoms with E-state index in [2.05, 4.69) is 17.6 Å². The number of nitrogens with one attached hydrogen (secondary N) is 2. The van der Waals surface area contributed by atoms with Crippen LogP contribution < -0.4 is 20.3 Å². The molecule has 4 rings (SSSR count). The van der Waals surface area contributed by atoms with Crippen molar-refractivity contribution in [3.8, 4) is 5.75 Å². The smallest absolute Gasteiger partial charge is 0.262 e. The summed E-state index contributed by atoms with van der Waals surface area (Å²) in [6.45, 7) is 2.63. The van der Waals surface area contributed by atoms with Gasteiger partial charge in [-0.3, -0.25) is 14.4 Å². The number of carbonyl (C=O) groups is 3. The van der Waals surface area contributed by atoms with Crippen LogP contribution in [0.2, 0.25) is 5.02 Å². The minimum atomic E-state index is -0.421. The molecule has 186 valence electrons. The molecule has 0 bridgehead atoms. The molecule has 1 heterocycles. The van der Waals surface area contributed by atoms with Crippen LogP contribution in [-0.2, 0) is 27.3 Å². The largest absolute Gasteiger partial charge is 0.484 e. The van der Waals surface area contributed by atoms with Crippen molar-refractivity contribution in [1.82, 2.24) is 5.32 Å². The van der Waals surface area contributed by atoms with Crippen LogP contribution in [-0.4, -0.2) is 30.9 Å². The van der Waals surface area contributed by atoms with Crippen molar-refractivity contribution in [2.75, 3.05) is 23.4 Å². The number of carbonyl (C=O) groups excluding carboxylic acids is 3. The number of benzene rings is 3. The highest BCUT2D eigenvalue weighted by Gasteiger charge is 2.35. The number of ether oxygens (including phenoxy) is 1. The van der Waals surface area contributed by atoms with E-state index < -0.39 is 5.92 Å². The van der Waals surface area contributed by atoms with Crippen LogP contribution in [0.1, 0.15) is 24.5 Å². The third-order valence-corrected chi connectivity index (χ3v) is 6.29. The van der Waals surface area contributed by atoms with Gasteiger partial charge in [0.05, 0.1) is 5.92 Å². The Morgan fingerprint density at radius 3 is 2.31 bits per heavy atom. The molecule has 0 radical (unpaired) electrons. The standard InChI is InChI=1S/C28H28ClN3O4/c1-2-19-5-9-23(10-6-19)31-26(33)18-36-25-13-11-24(12-14-25)32-17-21(15-27(32)34)28(35)30-16-20-3-7-22(29)8-4-20/h3-14,21H,2,15-18H2,1H3,(H,30,35)(H,31,33)/t21-/m0/s1. The van der Waals surface area contributed by atoms with Crippen LogP contribution in [0.15, 0.2) is 72.8 Å². The summed E-state index contributed by atoms with van der Waals surface area (Å²) in [6, 6.07) is 21.9. The summed E-state index contributed by atoms with van der Waals surface area (Å²) < 4.78 is 5.58. The molecule has 7 nitrogen and oxygen atoms in total. The third kappa shape index (κ3) is 6.64. The summed E-state index contributed by atoms with van der Waals surface area (Å²) in [5.41, 5.74) is 3.54. The van der Waals surface area contributed by atoms with E-state index in [0.717, 1.165) is 17.7 Å². The van der Waals surface area contributed by atoms with Gasteiger partial charge >= 0.3 is 0 Å². The highest BCUT2D eigenvalue weighted by atomic mass is 35.5. The van der Waals surface area contributed by atoms with Crippen molar-refractivity contribution >= 4 is 40.7 Å². The summed E-state index contributed by atoms with van der Waals surface area (Å²) in [6.07, 6.45) is 1.10. The molecule has 36 heavy (non-hydrogen) atoms. The zero-order valence-corrected chi connectivity index (χ0v) is 20.8. The zero-order valence-electron chi connectivity index (χ0n) is 20.0. The molecular weight excluding hydrogens is 478 g/mol. The van der Waals surface area contributed by atoms with E-state index in [9.17, 15) is 14.4 Å². The van der Waals surface area contributed by atoms with Crippen LogP contribution in [0.25, 0.3) is 0 Å². The molecule has 0 saturated carbocycles. The molecule has 0 aliphatic carbocycles. The molecule has 0 aromatic heterocycles. The van der Waals surface area contributed by atoms with Crippen LogP contribution in [0.4, 0.5) is 11.4 Å². The van der Waals surface area contributed by atoms with E-state index >= 15 is 0 Å². The van der Waals surface area contributed by atoms with Gasteiger partial charge in [0.25, 0.3) is 5.91 Å². The Labute approximate surface area is 215 Å². The lowest BCUT2D eigenvalue weighted by molar-refractivity contribution is -0.126. The number of halogens is 1. The van der Waals surface area contributed by atoms with Crippen molar-refractivity contribution in [3.63, 3.8) is 0 Å². The first-order chi connectivity index (χ1) is 17.4. The summed E-state index contributed by atoms with van der Waals surface area (Å²) in [5.74, 6) is -0.430. The van der Waals surface area contributed by atoms with Gasteiger partial charge in [0.15, 0.2) is 6.61 Å². The lowest BCUT2D eigenvalue weighted by Gasteiger charge is -2.17. The number of nitrogens with zero attached hydrogens (tertiary/aromatic N) is 1. The van der Waals surface area contributed by atoms with Crippen LogP contribution in [0.5, 0.6) is 5.75 Å². The molecule has 0 spiro atoms. The Morgan fingerprint density at radius 2 is 1.64 bits per heavy atom. The highest BCUT2D eigenvalue weighted by Crippen LogP contribution is 2.27. The normalized spacial score (nSPS) is 15.0. The highest BCUT2D eigenvalue weighted by molar-refractivity contribution is 6.30. The zero-order chi connectivity index (χ0) is 25.5. The summed E-state index contributed by atoms with van der Waals surface area (Å²) in [7, 11) is 0. The van der Waals surface area contributed by atoms with Gasteiger partial charge in [0.2, 0.25) is 11.8 Å². The quantitative estimate of drug-likeness (QED) is 0.445. The fourth-order valence-corrected chi connectivity index (χ4v) is 4.09. The second kappa shape index (κ2) is 11.7. The third-order valence-electron chi connectivity index (χ3n) is 6.04. The number of hydrogen-bond acceptors (Lipinski definition) is 4. The SMILES string of the molecule is CCc1ccc(NC(=O)COc2ccc(N3C[C@@H](C(=O)NCc4ccc(Cl)cc4)CC3=O)cc2)cc1. The molecule has 3 amide bonds. The number of amides is 3. The predicted molar refractivity (Wildman–Crippen MR) is 140 cm³/mol. The molecule has 1 atom stereocenters. The average molecular weight is 506 g/mol. The average Bonchev–Trinajstić information content (AvgIpc) is 3.29. The second-order valence-electron chi connectivity index (χ2n) is 8.63. The van der Waals surface area contributed by atoms with E-state index in [4.69, 9.17) is 16.3 Å². The molecule has 1 aliphatic heterocycles. The minimum absolute atomic E-state index is 0.108. The monoisotopic (exact) mass is 505 g/mol. The molecule has 3 aromatic carbocycles. The first kappa shape index (κ1) is 25.3. The molecule has 8 heteroatoms. The first-order valence-corrected chi connectivity index (χ1v) is 12.2. The second-order valence-corrected chi connectivity index (χ2v) is 9.07. The van der Waals surface area contributed by atoms with Gasteiger partial charge in [0, 0.05) is 35.9 Å². The van der Waals surface area contributed by atoms with Gasteiger partial charge in [-0.15, -0.1) is 0 Å². The maximum Gasteiger partial charge on any atom is 0.262 e. The van der Waals surface area contributed by atoms with Crippen molar-refractivity contribution < 1.29 is 19.1 Å². The lowest BCUT2D eigenvalue weighted by Crippen LogP contribution is -2.32. The fourth-order valence-electron chi connectivity index (χ4n) is 3.96. The van der Waals surface area contributed by atoms with Crippen molar-refractivity contribution in [3.05, 3.63) is 88.9 Å². The van der Waals surface area contributed by atoms with E-state index in [1.165, 1.54) is 5.56 Å². The van der Waals surface area contributed by atoms with Gasteiger partial charge in [0.1, 0.15) is 5.75 Å². The van der Waals surface area contributed by atoms with Crippen LogP contribution >= 0.6 is 11.6 Å². The van der Waals surface area contributed by atoms with E-state index in [-0.39, 0.29) is 30.7 Å². The molecule has 1 fully saturated rings. The van der Waals surface area contributed by atoms with Gasteiger partial charge in [-0.25, -0.2) is 0 Å². The number of hydrogen-bond donors (Lipinski definition) is 2. The fraction of sp³-hybridized carbons (Fsp3) is 0.250. The Kier molecular flexibility index (Phi) is 8.23. The Bertz CT molecular complexity index is 1210. The maximum absolute atomic E-state index is 12.6. The van der Waals surface area contributed by atoms with E-state index in [0.29, 0.717) is 29.5 Å². The van der Waals surface area contributed by atoms with Crippen molar-refractivity contribution in [2.24, 2.45) is 5.92 Å². The van der Waals surface area contributed by atoms with Crippen LogP contribution in [0, 0.1) is 5.92 Å². The topological polar surface area (TPSA) is 87.7 Å². The summed E-state index contributed by atoms with van der Waals surface area (Å²) >= 11 is 5.89. The van der Waals surface area contributed by atoms with E-state index in [1.807, 2.05) is 36.4 Å². The Hall–Kier alpha value is -3.84. The lowest BCUT2D eigenvalue weighted by atomic mass is 10.1. The van der Waals surface area contributed by atoms with Crippen LogP contribution in [0.3, 0.4) is 0 Å². The van der Waals surface area contributed by atoms with Crippen molar-refractivity contribution in [2.45, 2.75) is 26.3 Å². The Balaban J connectivity index is 1.25. The molecule has 1 aliphatic rings. The summed E-state index contributed by atoms with van der Waals surface area (Å²) in [4.78, 5) is 38.9.